The molecule has 0 fully saturated rings. The smallest absolute Gasteiger partial charge is 0.258 e. The number of aryl methyl sites for hydroxylation is 1. The molecule has 0 radical (unpaired) electrons. The first kappa shape index (κ1) is 12.9. The zero-order valence-corrected chi connectivity index (χ0v) is 11.3. The van der Waals surface area contributed by atoms with Crippen molar-refractivity contribution < 1.29 is 4.52 Å². The monoisotopic (exact) mass is 277 g/mol. The highest BCUT2D eigenvalue weighted by atomic mass is 16.5. The van der Waals surface area contributed by atoms with Crippen molar-refractivity contribution in [2.24, 2.45) is 5.11 Å². The average Bonchev–Trinajstić information content (AvgIpc) is 2.99. The zero-order chi connectivity index (χ0) is 14.7. The summed E-state index contributed by atoms with van der Waals surface area (Å²) in [7, 11) is 0. The molecule has 6 heteroatoms. The molecule has 0 unspecified atom stereocenters. The van der Waals surface area contributed by atoms with Gasteiger partial charge in [0.25, 0.3) is 5.89 Å². The van der Waals surface area contributed by atoms with Gasteiger partial charge in [-0.15, -0.1) is 0 Å². The highest BCUT2D eigenvalue weighted by molar-refractivity contribution is 5.70. The molecule has 21 heavy (non-hydrogen) atoms. The third-order valence-electron chi connectivity index (χ3n) is 3.02. The largest absolute Gasteiger partial charge is 0.334 e. The molecule has 3 rings (SSSR count). The predicted molar refractivity (Wildman–Crippen MR) is 78.7 cm³/mol. The van der Waals surface area contributed by atoms with Crippen LogP contribution >= 0.6 is 0 Å². The van der Waals surface area contributed by atoms with Crippen LogP contribution in [-0.2, 0) is 0 Å². The van der Waals surface area contributed by atoms with Crippen LogP contribution in [0.4, 0.5) is 5.69 Å². The zero-order valence-electron chi connectivity index (χ0n) is 11.3. The summed E-state index contributed by atoms with van der Waals surface area (Å²) in [4.78, 5) is 7.16. The molecule has 2 aromatic carbocycles. The molecule has 0 aliphatic rings. The fourth-order valence-electron chi connectivity index (χ4n) is 1.94. The molecule has 1 aromatic heterocycles. The van der Waals surface area contributed by atoms with Crippen LogP contribution < -0.4 is 0 Å². The number of nitrogens with zero attached hydrogens (tertiary/aromatic N) is 5. The molecular formula is C15H11N5O. The normalized spacial score (nSPS) is 10.1. The lowest BCUT2D eigenvalue weighted by atomic mass is 10.1. The highest BCUT2D eigenvalue weighted by Crippen LogP contribution is 2.30. The Morgan fingerprint density at radius 1 is 1.10 bits per heavy atom. The van der Waals surface area contributed by atoms with Crippen LogP contribution in [0.25, 0.3) is 33.3 Å². The Bertz CT molecular complexity index is 816. The third kappa shape index (κ3) is 2.61. The van der Waals surface area contributed by atoms with Gasteiger partial charge in [0.15, 0.2) is 0 Å². The quantitative estimate of drug-likeness (QED) is 0.396. The number of aromatic nitrogens is 2. The van der Waals surface area contributed by atoms with Crippen molar-refractivity contribution in [3.8, 4) is 22.8 Å². The molecule has 0 spiro atoms. The minimum Gasteiger partial charge on any atom is -0.334 e. The molecule has 102 valence electrons. The summed E-state index contributed by atoms with van der Waals surface area (Å²) in [5.41, 5.74) is 11.7. The molecule has 0 saturated carbocycles. The minimum atomic E-state index is 0.327. The molecule has 0 amide bonds. The van der Waals surface area contributed by atoms with Gasteiger partial charge in [-0.3, -0.25) is 0 Å². The Kier molecular flexibility index (Phi) is 3.37. The Balaban J connectivity index is 2.02. The lowest BCUT2D eigenvalue weighted by Gasteiger charge is -1.98. The highest BCUT2D eigenvalue weighted by Gasteiger charge is 2.13. The summed E-state index contributed by atoms with van der Waals surface area (Å²) in [5, 5.41) is 7.60. The van der Waals surface area contributed by atoms with Gasteiger partial charge in [-0.2, -0.15) is 4.98 Å². The molecular weight excluding hydrogens is 266 g/mol. The summed E-state index contributed by atoms with van der Waals surface area (Å²) in [6.07, 6.45) is 0. The molecule has 0 atom stereocenters. The third-order valence-corrected chi connectivity index (χ3v) is 3.02. The second-order valence-corrected chi connectivity index (χ2v) is 4.50. The van der Waals surface area contributed by atoms with Crippen molar-refractivity contribution >= 4 is 5.69 Å². The Morgan fingerprint density at radius 2 is 1.86 bits per heavy atom. The van der Waals surface area contributed by atoms with E-state index in [1.807, 2.05) is 37.3 Å². The van der Waals surface area contributed by atoms with Gasteiger partial charge in [0.05, 0.1) is 5.69 Å². The second-order valence-electron chi connectivity index (χ2n) is 4.50. The van der Waals surface area contributed by atoms with Crippen LogP contribution in [0.1, 0.15) is 5.56 Å². The first-order chi connectivity index (χ1) is 10.3. The standard InChI is InChI=1S/C15H11N5O/c1-10-6-8-11(9-7-10)14-17-15(21-19-14)12-4-2-3-5-13(12)18-20-16/h2-9H,1H3. The average molecular weight is 277 g/mol. The van der Waals surface area contributed by atoms with Crippen molar-refractivity contribution in [2.45, 2.75) is 6.92 Å². The maximum Gasteiger partial charge on any atom is 0.258 e. The lowest BCUT2D eigenvalue weighted by molar-refractivity contribution is 0.432. The number of benzene rings is 2. The van der Waals surface area contributed by atoms with Crippen molar-refractivity contribution in [2.75, 3.05) is 0 Å². The Hall–Kier alpha value is -3.11. The summed E-state index contributed by atoms with van der Waals surface area (Å²) >= 11 is 0. The van der Waals surface area contributed by atoms with E-state index in [2.05, 4.69) is 20.2 Å². The van der Waals surface area contributed by atoms with Crippen LogP contribution in [0.5, 0.6) is 0 Å². The van der Waals surface area contributed by atoms with Gasteiger partial charge in [0.1, 0.15) is 0 Å². The molecule has 0 aliphatic carbocycles. The predicted octanol–water partition coefficient (Wildman–Crippen LogP) is 4.65. The summed E-state index contributed by atoms with van der Waals surface area (Å²) in [5.74, 6) is 0.828. The van der Waals surface area contributed by atoms with E-state index in [9.17, 15) is 0 Å². The second kappa shape index (κ2) is 5.48. The molecule has 3 aromatic rings. The van der Waals surface area contributed by atoms with Crippen molar-refractivity contribution in [1.29, 1.82) is 0 Å². The summed E-state index contributed by atoms with van der Waals surface area (Å²) in [6.45, 7) is 2.02. The summed E-state index contributed by atoms with van der Waals surface area (Å²) in [6, 6.07) is 14.9. The Labute approximate surface area is 120 Å². The van der Waals surface area contributed by atoms with Gasteiger partial charge >= 0.3 is 0 Å². The fraction of sp³-hybridized carbons (Fsp3) is 0.0667. The Morgan fingerprint density at radius 3 is 2.62 bits per heavy atom. The van der Waals surface area contributed by atoms with E-state index in [-0.39, 0.29) is 0 Å². The number of hydrogen-bond donors (Lipinski definition) is 0. The lowest BCUT2D eigenvalue weighted by Crippen LogP contribution is -1.82. The molecule has 0 saturated heterocycles. The first-order valence-corrected chi connectivity index (χ1v) is 6.33. The fourth-order valence-corrected chi connectivity index (χ4v) is 1.94. The van der Waals surface area contributed by atoms with Gasteiger partial charge < -0.3 is 4.52 Å². The maximum atomic E-state index is 8.59. The first-order valence-electron chi connectivity index (χ1n) is 6.33. The topological polar surface area (TPSA) is 87.7 Å². The van der Waals surface area contributed by atoms with E-state index < -0.39 is 0 Å². The van der Waals surface area contributed by atoms with Gasteiger partial charge in [-0.25, -0.2) is 0 Å². The van der Waals surface area contributed by atoms with Crippen molar-refractivity contribution in [1.82, 2.24) is 10.1 Å². The van der Waals surface area contributed by atoms with Crippen molar-refractivity contribution in [3.63, 3.8) is 0 Å². The van der Waals surface area contributed by atoms with Gasteiger partial charge in [0.2, 0.25) is 5.82 Å². The van der Waals surface area contributed by atoms with Crippen LogP contribution in [0.2, 0.25) is 0 Å². The molecule has 6 nitrogen and oxygen atoms in total. The van der Waals surface area contributed by atoms with Crippen molar-refractivity contribution in [3.05, 3.63) is 64.5 Å². The summed E-state index contributed by atoms with van der Waals surface area (Å²) < 4.78 is 5.28. The molecule has 0 bridgehead atoms. The maximum absolute atomic E-state index is 8.59. The van der Waals surface area contributed by atoms with Gasteiger partial charge in [-0.1, -0.05) is 58.3 Å². The number of rotatable bonds is 3. The van der Waals surface area contributed by atoms with E-state index in [0.29, 0.717) is 23.0 Å². The van der Waals surface area contributed by atoms with Crippen LogP contribution in [0, 0.1) is 6.92 Å². The van der Waals surface area contributed by atoms with E-state index in [1.165, 1.54) is 0 Å². The number of hydrogen-bond acceptors (Lipinski definition) is 4. The van der Waals surface area contributed by atoms with E-state index in [1.54, 1.807) is 18.2 Å². The van der Waals surface area contributed by atoms with E-state index in [4.69, 9.17) is 10.1 Å². The van der Waals surface area contributed by atoms with Gasteiger partial charge in [-0.05, 0) is 18.5 Å². The minimum absolute atomic E-state index is 0.327. The van der Waals surface area contributed by atoms with Crippen LogP contribution in [0.3, 0.4) is 0 Å². The number of azide groups is 1. The molecule has 0 N–H and O–H groups in total. The SMILES string of the molecule is Cc1ccc(-c2noc(-c3ccccc3N=[N+]=[N-])n2)cc1. The van der Waals surface area contributed by atoms with Crippen LogP contribution in [-0.4, -0.2) is 10.1 Å². The molecule has 0 aliphatic heterocycles. The van der Waals surface area contributed by atoms with E-state index in [0.717, 1.165) is 11.1 Å². The molecule has 1 heterocycles. The van der Waals surface area contributed by atoms with Crippen LogP contribution in [0.15, 0.2) is 58.2 Å². The van der Waals surface area contributed by atoms with E-state index >= 15 is 0 Å². The van der Waals surface area contributed by atoms with Gasteiger partial charge in [0, 0.05) is 16.0 Å².